The molecule has 2 aromatic heterocycles. The van der Waals surface area contributed by atoms with Crippen molar-refractivity contribution >= 4 is 22.7 Å². The molecule has 0 aliphatic carbocycles. The number of rotatable bonds is 7. The Morgan fingerprint density at radius 2 is 1.83 bits per heavy atom. The minimum Gasteiger partial charge on any atom is -0.396 e. The summed E-state index contributed by atoms with van der Waals surface area (Å²) in [5.74, 6) is 1.33. The zero-order valence-corrected chi connectivity index (χ0v) is 12.7. The van der Waals surface area contributed by atoms with Gasteiger partial charge in [0.1, 0.15) is 5.82 Å². The summed E-state index contributed by atoms with van der Waals surface area (Å²) >= 11 is 0. The molecule has 0 aliphatic rings. The lowest BCUT2D eigenvalue weighted by Crippen LogP contribution is -2.10. The zero-order valence-electron chi connectivity index (χ0n) is 12.7. The molecule has 0 radical (unpaired) electrons. The third-order valence-corrected chi connectivity index (χ3v) is 3.38. The quantitative estimate of drug-likeness (QED) is 0.581. The molecule has 0 fully saturated rings. The Labute approximate surface area is 134 Å². The predicted octanol–water partition coefficient (Wildman–Crippen LogP) is 2.43. The molecule has 0 saturated carbocycles. The van der Waals surface area contributed by atoms with E-state index in [4.69, 9.17) is 5.11 Å². The third-order valence-electron chi connectivity index (χ3n) is 3.38. The van der Waals surface area contributed by atoms with E-state index in [-0.39, 0.29) is 6.61 Å². The van der Waals surface area contributed by atoms with Crippen molar-refractivity contribution in [1.82, 2.24) is 15.0 Å². The molecule has 0 spiro atoms. The first kappa shape index (κ1) is 15.2. The van der Waals surface area contributed by atoms with Crippen LogP contribution in [0.3, 0.4) is 0 Å². The maximum absolute atomic E-state index is 8.93. The number of benzene rings is 1. The number of anilines is 2. The van der Waals surface area contributed by atoms with Crippen molar-refractivity contribution < 1.29 is 5.11 Å². The number of fused-ring (bicyclic) bond motifs is 1. The average molecular weight is 309 g/mol. The maximum atomic E-state index is 8.93. The summed E-state index contributed by atoms with van der Waals surface area (Å²) < 4.78 is 0. The molecule has 1 aromatic carbocycles. The molecule has 2 heterocycles. The first-order valence-corrected chi connectivity index (χ1v) is 7.62. The Bertz CT molecular complexity index is 763. The summed E-state index contributed by atoms with van der Waals surface area (Å²) in [7, 11) is 0. The molecule has 0 saturated heterocycles. The number of hydrogen-bond acceptors (Lipinski definition) is 6. The van der Waals surface area contributed by atoms with E-state index in [1.807, 2.05) is 42.5 Å². The fourth-order valence-corrected chi connectivity index (χ4v) is 2.25. The van der Waals surface area contributed by atoms with Gasteiger partial charge in [0.15, 0.2) is 0 Å². The van der Waals surface area contributed by atoms with E-state index in [9.17, 15) is 0 Å². The fraction of sp³-hybridized carbons (Fsp3) is 0.235. The predicted molar refractivity (Wildman–Crippen MR) is 91.3 cm³/mol. The smallest absolute Gasteiger partial charge is 0.225 e. The number of hydrogen-bond donors (Lipinski definition) is 3. The van der Waals surface area contributed by atoms with Gasteiger partial charge in [-0.1, -0.05) is 18.2 Å². The lowest BCUT2D eigenvalue weighted by atomic mass is 10.2. The largest absolute Gasteiger partial charge is 0.396 e. The number of pyridine rings is 1. The van der Waals surface area contributed by atoms with Crippen molar-refractivity contribution in [2.24, 2.45) is 0 Å². The molecule has 118 valence electrons. The Morgan fingerprint density at radius 1 is 0.957 bits per heavy atom. The standard InChI is InChI=1S/C17H19N5O/c23-11-5-10-19-16-14-7-1-2-8-15(14)21-17(22-16)20-12-13-6-3-4-9-18-13/h1-4,6-9,23H,5,10-12H2,(H2,19,20,21,22). The van der Waals surface area contributed by atoms with Gasteiger partial charge in [0.2, 0.25) is 5.95 Å². The molecule has 3 aromatic rings. The van der Waals surface area contributed by atoms with Crippen LogP contribution in [-0.4, -0.2) is 33.2 Å². The molecule has 23 heavy (non-hydrogen) atoms. The second-order valence-electron chi connectivity index (χ2n) is 5.09. The molecular formula is C17H19N5O. The summed E-state index contributed by atoms with van der Waals surface area (Å²) in [6.07, 6.45) is 2.44. The van der Waals surface area contributed by atoms with Crippen LogP contribution in [0.2, 0.25) is 0 Å². The number of aliphatic hydroxyl groups is 1. The molecule has 0 unspecified atom stereocenters. The van der Waals surface area contributed by atoms with Crippen molar-refractivity contribution in [1.29, 1.82) is 0 Å². The second kappa shape index (κ2) is 7.51. The van der Waals surface area contributed by atoms with Gasteiger partial charge in [-0.25, -0.2) is 4.98 Å². The van der Waals surface area contributed by atoms with Gasteiger partial charge in [-0.15, -0.1) is 0 Å². The summed E-state index contributed by atoms with van der Waals surface area (Å²) in [6.45, 7) is 1.38. The molecule has 3 N–H and O–H groups in total. The van der Waals surface area contributed by atoms with Gasteiger partial charge < -0.3 is 15.7 Å². The van der Waals surface area contributed by atoms with Crippen LogP contribution in [0.15, 0.2) is 48.7 Å². The van der Waals surface area contributed by atoms with E-state index < -0.39 is 0 Å². The number of para-hydroxylation sites is 1. The Balaban J connectivity index is 1.82. The molecule has 6 nitrogen and oxygen atoms in total. The molecular weight excluding hydrogens is 290 g/mol. The van der Waals surface area contributed by atoms with Gasteiger partial charge in [0.25, 0.3) is 0 Å². The maximum Gasteiger partial charge on any atom is 0.225 e. The number of nitrogens with one attached hydrogen (secondary N) is 2. The van der Waals surface area contributed by atoms with Crippen molar-refractivity contribution in [3.63, 3.8) is 0 Å². The van der Waals surface area contributed by atoms with E-state index in [2.05, 4.69) is 25.6 Å². The molecule has 0 atom stereocenters. The van der Waals surface area contributed by atoms with Crippen LogP contribution in [0.25, 0.3) is 10.9 Å². The van der Waals surface area contributed by atoms with Crippen LogP contribution < -0.4 is 10.6 Å². The van der Waals surface area contributed by atoms with Crippen molar-refractivity contribution in [2.75, 3.05) is 23.8 Å². The fourth-order valence-electron chi connectivity index (χ4n) is 2.25. The SMILES string of the molecule is OCCCNc1nc(NCc2ccccn2)nc2ccccc12. The molecule has 0 bridgehead atoms. The van der Waals surface area contributed by atoms with Crippen LogP contribution in [0, 0.1) is 0 Å². The van der Waals surface area contributed by atoms with Crippen LogP contribution in [0.4, 0.5) is 11.8 Å². The van der Waals surface area contributed by atoms with Crippen LogP contribution >= 0.6 is 0 Å². The van der Waals surface area contributed by atoms with Gasteiger partial charge >= 0.3 is 0 Å². The summed E-state index contributed by atoms with van der Waals surface area (Å²) in [6, 6.07) is 13.7. The Morgan fingerprint density at radius 3 is 2.65 bits per heavy atom. The highest BCUT2D eigenvalue weighted by Gasteiger charge is 2.07. The molecule has 3 rings (SSSR count). The van der Waals surface area contributed by atoms with Gasteiger partial charge in [0.05, 0.1) is 17.8 Å². The van der Waals surface area contributed by atoms with E-state index in [0.29, 0.717) is 25.5 Å². The zero-order chi connectivity index (χ0) is 15.9. The van der Waals surface area contributed by atoms with E-state index >= 15 is 0 Å². The highest BCUT2D eigenvalue weighted by molar-refractivity contribution is 5.89. The highest BCUT2D eigenvalue weighted by Crippen LogP contribution is 2.21. The van der Waals surface area contributed by atoms with Gasteiger partial charge in [0, 0.05) is 24.7 Å². The summed E-state index contributed by atoms with van der Waals surface area (Å²) in [4.78, 5) is 13.4. The van der Waals surface area contributed by atoms with Crippen LogP contribution in [0.5, 0.6) is 0 Å². The van der Waals surface area contributed by atoms with E-state index in [1.165, 1.54) is 0 Å². The topological polar surface area (TPSA) is 83.0 Å². The normalized spacial score (nSPS) is 10.7. The number of aromatic nitrogens is 3. The monoisotopic (exact) mass is 309 g/mol. The van der Waals surface area contributed by atoms with Gasteiger partial charge in [-0.3, -0.25) is 4.98 Å². The highest BCUT2D eigenvalue weighted by atomic mass is 16.3. The Hall–Kier alpha value is -2.73. The lowest BCUT2D eigenvalue weighted by Gasteiger charge is -2.11. The number of aliphatic hydroxyl groups excluding tert-OH is 1. The summed E-state index contributed by atoms with van der Waals surface area (Å²) in [5, 5.41) is 16.4. The van der Waals surface area contributed by atoms with E-state index in [1.54, 1.807) is 6.20 Å². The number of nitrogens with zero attached hydrogens (tertiary/aromatic N) is 3. The molecule has 6 heteroatoms. The molecule has 0 amide bonds. The van der Waals surface area contributed by atoms with Crippen LogP contribution in [0.1, 0.15) is 12.1 Å². The van der Waals surface area contributed by atoms with Gasteiger partial charge in [-0.05, 0) is 30.7 Å². The summed E-state index contributed by atoms with van der Waals surface area (Å²) in [5.41, 5.74) is 1.80. The van der Waals surface area contributed by atoms with Gasteiger partial charge in [-0.2, -0.15) is 4.98 Å². The van der Waals surface area contributed by atoms with Crippen LogP contribution in [-0.2, 0) is 6.54 Å². The van der Waals surface area contributed by atoms with E-state index in [0.717, 1.165) is 22.4 Å². The first-order valence-electron chi connectivity index (χ1n) is 7.62. The van der Waals surface area contributed by atoms with Crippen molar-refractivity contribution in [3.05, 3.63) is 54.4 Å². The first-order chi connectivity index (χ1) is 11.4. The molecule has 0 aliphatic heterocycles. The Kier molecular flexibility index (Phi) is 4.95. The van der Waals surface area contributed by atoms with Crippen molar-refractivity contribution in [2.45, 2.75) is 13.0 Å². The minimum atomic E-state index is 0.154. The minimum absolute atomic E-state index is 0.154. The average Bonchev–Trinajstić information content (AvgIpc) is 2.61. The van der Waals surface area contributed by atoms with Crippen molar-refractivity contribution in [3.8, 4) is 0 Å². The lowest BCUT2D eigenvalue weighted by molar-refractivity contribution is 0.292. The third kappa shape index (κ3) is 3.92. The second-order valence-corrected chi connectivity index (χ2v) is 5.09.